The molecule has 0 aliphatic heterocycles. The fourth-order valence-corrected chi connectivity index (χ4v) is 1.98. The number of rotatable bonds is 4. The molecule has 0 spiro atoms. The highest BCUT2D eigenvalue weighted by Crippen LogP contribution is 2.13. The predicted molar refractivity (Wildman–Crippen MR) is 72.4 cm³/mol. The molecule has 102 valence electrons. The molecule has 0 saturated carbocycles. The van der Waals surface area contributed by atoms with E-state index >= 15 is 0 Å². The van der Waals surface area contributed by atoms with Gasteiger partial charge in [-0.25, -0.2) is 5.43 Å². The van der Waals surface area contributed by atoms with Gasteiger partial charge in [0, 0.05) is 17.7 Å². The van der Waals surface area contributed by atoms with Crippen molar-refractivity contribution < 1.29 is 14.1 Å². The van der Waals surface area contributed by atoms with Crippen LogP contribution in [0.4, 0.5) is 10.1 Å². The Hall–Kier alpha value is -2.61. The maximum absolute atomic E-state index is 12.7. The molecule has 1 amide bonds. The lowest BCUT2D eigenvalue weighted by Crippen LogP contribution is -2.17. The minimum absolute atomic E-state index is 0.119. The van der Waals surface area contributed by atoms with Crippen LogP contribution in [0, 0.1) is 15.2 Å². The highest BCUT2D eigenvalue weighted by molar-refractivity contribution is 7.12. The van der Waals surface area contributed by atoms with E-state index in [9.17, 15) is 19.3 Å². The van der Waals surface area contributed by atoms with Crippen molar-refractivity contribution in [1.82, 2.24) is 5.43 Å². The minimum atomic E-state index is -0.589. The molecule has 0 aliphatic carbocycles. The number of hydrogen-bond donors (Lipinski definition) is 1. The van der Waals surface area contributed by atoms with E-state index in [0.29, 0.717) is 4.88 Å². The smallest absolute Gasteiger partial charge is 0.267 e. The zero-order valence-electron chi connectivity index (χ0n) is 9.95. The zero-order chi connectivity index (χ0) is 14.5. The Bertz CT molecular complexity index is 684. The highest BCUT2D eigenvalue weighted by Gasteiger charge is 2.10. The second-order valence-electron chi connectivity index (χ2n) is 3.65. The molecule has 1 aromatic carbocycles. The number of nitro groups is 1. The number of amides is 1. The number of hydrogen-bond acceptors (Lipinski definition) is 5. The van der Waals surface area contributed by atoms with Crippen molar-refractivity contribution in [3.8, 4) is 0 Å². The molecule has 1 N–H and O–H groups in total. The molecule has 0 unspecified atom stereocenters. The summed E-state index contributed by atoms with van der Waals surface area (Å²) in [5.41, 5.74) is 2.16. The lowest BCUT2D eigenvalue weighted by molar-refractivity contribution is -0.384. The van der Waals surface area contributed by atoms with E-state index in [-0.39, 0.29) is 16.4 Å². The Balaban J connectivity index is 2.03. The summed E-state index contributed by atoms with van der Waals surface area (Å²) in [4.78, 5) is 22.2. The molecule has 0 atom stereocenters. The van der Waals surface area contributed by atoms with E-state index in [1.165, 1.54) is 36.5 Å². The Labute approximate surface area is 116 Å². The molecule has 0 aliphatic rings. The molecule has 1 aromatic heterocycles. The van der Waals surface area contributed by atoms with E-state index in [1.807, 2.05) is 0 Å². The molecule has 2 aromatic rings. The van der Waals surface area contributed by atoms with Crippen LogP contribution in [-0.4, -0.2) is 17.0 Å². The quantitative estimate of drug-likeness (QED) is 0.534. The van der Waals surface area contributed by atoms with Crippen molar-refractivity contribution in [3.05, 3.63) is 62.1 Å². The molecule has 0 bridgehead atoms. The molecule has 0 radical (unpaired) electrons. The summed E-state index contributed by atoms with van der Waals surface area (Å²) < 4.78 is 12.7. The third-order valence-electron chi connectivity index (χ3n) is 2.27. The Kier molecular flexibility index (Phi) is 4.16. The number of benzene rings is 1. The van der Waals surface area contributed by atoms with E-state index in [2.05, 4.69) is 10.5 Å². The van der Waals surface area contributed by atoms with Crippen LogP contribution in [-0.2, 0) is 0 Å². The number of non-ortho nitro benzene ring substituents is 1. The highest BCUT2D eigenvalue weighted by atomic mass is 32.1. The number of hydrazone groups is 1. The third-order valence-corrected chi connectivity index (χ3v) is 3.08. The molecule has 1 heterocycles. The van der Waals surface area contributed by atoms with Gasteiger partial charge < -0.3 is 0 Å². The summed E-state index contributed by atoms with van der Waals surface area (Å²) in [6.45, 7) is 0. The van der Waals surface area contributed by atoms with Crippen molar-refractivity contribution >= 4 is 29.1 Å². The van der Waals surface area contributed by atoms with Crippen LogP contribution in [0.25, 0.3) is 0 Å². The van der Waals surface area contributed by atoms with Gasteiger partial charge >= 0.3 is 0 Å². The van der Waals surface area contributed by atoms with E-state index in [0.717, 1.165) is 17.4 Å². The van der Waals surface area contributed by atoms with Gasteiger partial charge in [0.05, 0.1) is 16.0 Å². The number of nitrogens with zero attached hydrogens (tertiary/aromatic N) is 2. The molecule has 0 fully saturated rings. The number of thiophene rings is 1. The first-order chi connectivity index (χ1) is 9.56. The molecule has 2 rings (SSSR count). The van der Waals surface area contributed by atoms with Crippen molar-refractivity contribution in [3.63, 3.8) is 0 Å². The average molecular weight is 293 g/mol. The summed E-state index contributed by atoms with van der Waals surface area (Å²) in [5.74, 6) is -0.582. The molecule has 6 nitrogen and oxygen atoms in total. The van der Waals surface area contributed by atoms with Crippen LogP contribution in [0.15, 0.2) is 41.5 Å². The van der Waals surface area contributed by atoms with Gasteiger partial charge in [0.15, 0.2) is 5.13 Å². The SMILES string of the molecule is O=C(N/N=C\c1ccc(F)s1)c1cccc([N+](=O)[O-])c1. The van der Waals surface area contributed by atoms with Crippen LogP contribution < -0.4 is 5.43 Å². The van der Waals surface area contributed by atoms with Crippen molar-refractivity contribution in [2.75, 3.05) is 0 Å². The van der Waals surface area contributed by atoms with Crippen LogP contribution in [0.5, 0.6) is 0 Å². The van der Waals surface area contributed by atoms with Crippen LogP contribution in [0.1, 0.15) is 15.2 Å². The topological polar surface area (TPSA) is 84.6 Å². The van der Waals surface area contributed by atoms with Gasteiger partial charge in [-0.1, -0.05) is 6.07 Å². The van der Waals surface area contributed by atoms with Crippen LogP contribution in [0.3, 0.4) is 0 Å². The molecule has 20 heavy (non-hydrogen) atoms. The van der Waals surface area contributed by atoms with Gasteiger partial charge in [-0.05, 0) is 18.2 Å². The normalized spacial score (nSPS) is 10.7. The number of nitrogens with one attached hydrogen (secondary N) is 1. The summed E-state index contributed by atoms with van der Waals surface area (Å²) in [5, 5.41) is 13.9. The molecule has 0 saturated heterocycles. The van der Waals surface area contributed by atoms with Crippen molar-refractivity contribution in [2.45, 2.75) is 0 Å². The lowest BCUT2D eigenvalue weighted by Gasteiger charge is -1.99. The average Bonchev–Trinajstić information content (AvgIpc) is 2.84. The van der Waals surface area contributed by atoms with Gasteiger partial charge in [0.1, 0.15) is 0 Å². The summed E-state index contributed by atoms with van der Waals surface area (Å²) in [7, 11) is 0. The Morgan fingerprint density at radius 1 is 1.40 bits per heavy atom. The molecular weight excluding hydrogens is 285 g/mol. The first kappa shape index (κ1) is 13.8. The third kappa shape index (κ3) is 3.45. The van der Waals surface area contributed by atoms with Gasteiger partial charge in [0.25, 0.3) is 11.6 Å². The van der Waals surface area contributed by atoms with Crippen LogP contribution >= 0.6 is 11.3 Å². The fourth-order valence-electron chi connectivity index (χ4n) is 1.38. The lowest BCUT2D eigenvalue weighted by atomic mass is 10.2. The van der Waals surface area contributed by atoms with E-state index in [1.54, 1.807) is 0 Å². The van der Waals surface area contributed by atoms with E-state index < -0.39 is 10.8 Å². The van der Waals surface area contributed by atoms with Crippen LogP contribution in [0.2, 0.25) is 0 Å². The maximum Gasteiger partial charge on any atom is 0.271 e. The summed E-state index contributed by atoms with van der Waals surface area (Å²) >= 11 is 0.885. The monoisotopic (exact) mass is 293 g/mol. The fraction of sp³-hybridized carbons (Fsp3) is 0. The Morgan fingerprint density at radius 2 is 2.20 bits per heavy atom. The first-order valence-corrected chi connectivity index (χ1v) is 6.21. The second-order valence-corrected chi connectivity index (χ2v) is 4.71. The predicted octanol–water partition coefficient (Wildman–Crippen LogP) is 2.56. The number of carbonyl (C=O) groups excluding carboxylic acids is 1. The number of halogens is 1. The molecule has 8 heteroatoms. The molecular formula is C12H8FN3O3S. The standard InChI is InChI=1S/C12H8FN3O3S/c13-11-5-4-10(20-11)7-14-15-12(17)8-2-1-3-9(6-8)16(18)19/h1-7H,(H,15,17)/b14-7-. The van der Waals surface area contributed by atoms with Crippen molar-refractivity contribution in [2.24, 2.45) is 5.10 Å². The van der Waals surface area contributed by atoms with Gasteiger partial charge in [-0.15, -0.1) is 11.3 Å². The largest absolute Gasteiger partial charge is 0.271 e. The number of carbonyl (C=O) groups is 1. The van der Waals surface area contributed by atoms with Gasteiger partial charge in [-0.2, -0.15) is 9.49 Å². The van der Waals surface area contributed by atoms with E-state index in [4.69, 9.17) is 0 Å². The first-order valence-electron chi connectivity index (χ1n) is 5.39. The number of nitro benzene ring substituents is 1. The van der Waals surface area contributed by atoms with Gasteiger partial charge in [-0.3, -0.25) is 14.9 Å². The second kappa shape index (κ2) is 6.02. The maximum atomic E-state index is 12.7. The van der Waals surface area contributed by atoms with Crippen molar-refractivity contribution in [1.29, 1.82) is 0 Å². The van der Waals surface area contributed by atoms with Gasteiger partial charge in [0.2, 0.25) is 0 Å². The minimum Gasteiger partial charge on any atom is -0.267 e. The summed E-state index contributed by atoms with van der Waals surface area (Å²) in [6, 6.07) is 8.08. The summed E-state index contributed by atoms with van der Waals surface area (Å²) in [6.07, 6.45) is 1.29. The Morgan fingerprint density at radius 3 is 2.85 bits per heavy atom. The zero-order valence-corrected chi connectivity index (χ0v) is 10.8.